The minimum absolute atomic E-state index is 0.0403. The Morgan fingerprint density at radius 3 is 2.50 bits per heavy atom. The number of aryl methyl sites for hydroxylation is 2. The van der Waals surface area contributed by atoms with Gasteiger partial charge in [-0.2, -0.15) is 0 Å². The number of ether oxygens (including phenoxy) is 1. The molecule has 1 amide bonds. The lowest BCUT2D eigenvalue weighted by atomic mass is 10.1. The largest absolute Gasteiger partial charge is 0.486 e. The van der Waals surface area contributed by atoms with Gasteiger partial charge in [0, 0.05) is 17.0 Å². The highest BCUT2D eigenvalue weighted by Gasteiger charge is 2.21. The van der Waals surface area contributed by atoms with Crippen molar-refractivity contribution in [1.82, 2.24) is 9.88 Å². The summed E-state index contributed by atoms with van der Waals surface area (Å²) in [5.74, 6) is 0.874. The SMILES string of the molecule is Cc1ccc(OCc2nc(CN(C(=O)c3ccccc3C)C(C)C)cs2)cc1. The summed E-state index contributed by atoms with van der Waals surface area (Å²) in [5, 5.41) is 2.91. The van der Waals surface area contributed by atoms with Crippen molar-refractivity contribution in [3.05, 3.63) is 81.3 Å². The fourth-order valence-electron chi connectivity index (χ4n) is 2.90. The quantitative estimate of drug-likeness (QED) is 0.539. The average molecular weight is 395 g/mol. The second kappa shape index (κ2) is 9.02. The fraction of sp³-hybridized carbons (Fsp3) is 0.304. The molecule has 0 aliphatic rings. The summed E-state index contributed by atoms with van der Waals surface area (Å²) >= 11 is 1.56. The van der Waals surface area contributed by atoms with Gasteiger partial charge in [0.25, 0.3) is 5.91 Å². The van der Waals surface area contributed by atoms with E-state index in [1.807, 2.05) is 79.6 Å². The Morgan fingerprint density at radius 2 is 1.82 bits per heavy atom. The molecule has 0 saturated carbocycles. The molecular formula is C23H26N2O2S. The Balaban J connectivity index is 1.66. The van der Waals surface area contributed by atoms with Crippen LogP contribution in [0.4, 0.5) is 0 Å². The third kappa shape index (κ3) is 4.98. The molecule has 0 aliphatic heterocycles. The fourth-order valence-corrected chi connectivity index (χ4v) is 3.59. The highest BCUT2D eigenvalue weighted by atomic mass is 32.1. The number of hydrogen-bond acceptors (Lipinski definition) is 4. The molecule has 3 aromatic rings. The molecule has 28 heavy (non-hydrogen) atoms. The van der Waals surface area contributed by atoms with Crippen molar-refractivity contribution in [1.29, 1.82) is 0 Å². The highest BCUT2D eigenvalue weighted by Crippen LogP contribution is 2.19. The molecule has 146 valence electrons. The lowest BCUT2D eigenvalue weighted by molar-refractivity contribution is 0.0687. The number of nitrogens with zero attached hydrogens (tertiary/aromatic N) is 2. The van der Waals surface area contributed by atoms with Gasteiger partial charge in [0.1, 0.15) is 17.4 Å². The Labute approximate surface area is 170 Å². The molecule has 2 aromatic carbocycles. The standard InChI is InChI=1S/C23H26N2O2S/c1-16(2)25(23(26)21-8-6-5-7-18(21)4)13-19-15-28-22(24-19)14-27-20-11-9-17(3)10-12-20/h5-12,15-16H,13-14H2,1-4H3. The first kappa shape index (κ1) is 20.1. The first-order chi connectivity index (χ1) is 13.4. The highest BCUT2D eigenvalue weighted by molar-refractivity contribution is 7.09. The van der Waals surface area contributed by atoms with E-state index in [9.17, 15) is 4.79 Å². The number of benzene rings is 2. The van der Waals surface area contributed by atoms with Crippen LogP contribution < -0.4 is 4.74 Å². The number of hydrogen-bond donors (Lipinski definition) is 0. The van der Waals surface area contributed by atoms with E-state index >= 15 is 0 Å². The van der Waals surface area contributed by atoms with E-state index in [0.29, 0.717) is 13.2 Å². The summed E-state index contributed by atoms with van der Waals surface area (Å²) in [7, 11) is 0. The molecule has 0 bridgehead atoms. The summed E-state index contributed by atoms with van der Waals surface area (Å²) < 4.78 is 5.81. The number of rotatable bonds is 7. The second-order valence-electron chi connectivity index (χ2n) is 7.18. The molecule has 0 spiro atoms. The van der Waals surface area contributed by atoms with E-state index in [-0.39, 0.29) is 11.9 Å². The van der Waals surface area contributed by atoms with Gasteiger partial charge in [0.15, 0.2) is 0 Å². The van der Waals surface area contributed by atoms with E-state index in [0.717, 1.165) is 27.6 Å². The van der Waals surface area contributed by atoms with Crippen LogP contribution in [-0.2, 0) is 13.2 Å². The van der Waals surface area contributed by atoms with Crippen molar-refractivity contribution in [2.45, 2.75) is 46.9 Å². The van der Waals surface area contributed by atoms with Crippen molar-refractivity contribution in [2.75, 3.05) is 0 Å². The molecule has 0 aliphatic carbocycles. The van der Waals surface area contributed by atoms with Gasteiger partial charge in [0.05, 0.1) is 12.2 Å². The zero-order chi connectivity index (χ0) is 20.1. The number of amides is 1. The minimum atomic E-state index is 0.0403. The van der Waals surface area contributed by atoms with E-state index < -0.39 is 0 Å². The monoisotopic (exact) mass is 394 g/mol. The van der Waals surface area contributed by atoms with Crippen molar-refractivity contribution in [2.24, 2.45) is 0 Å². The van der Waals surface area contributed by atoms with Gasteiger partial charge >= 0.3 is 0 Å². The summed E-state index contributed by atoms with van der Waals surface area (Å²) in [6, 6.07) is 15.8. The van der Waals surface area contributed by atoms with Gasteiger partial charge in [-0.3, -0.25) is 4.79 Å². The van der Waals surface area contributed by atoms with Gasteiger partial charge in [-0.25, -0.2) is 4.98 Å². The molecule has 0 radical (unpaired) electrons. The molecule has 3 rings (SSSR count). The third-order valence-corrected chi connectivity index (χ3v) is 5.45. The van der Waals surface area contributed by atoms with Crippen LogP contribution in [-0.4, -0.2) is 21.8 Å². The molecule has 1 aromatic heterocycles. The van der Waals surface area contributed by atoms with Crippen LogP contribution in [0.5, 0.6) is 5.75 Å². The Morgan fingerprint density at radius 1 is 1.11 bits per heavy atom. The first-order valence-corrected chi connectivity index (χ1v) is 10.3. The van der Waals surface area contributed by atoms with Crippen molar-refractivity contribution >= 4 is 17.2 Å². The van der Waals surface area contributed by atoms with E-state index in [2.05, 4.69) is 11.9 Å². The van der Waals surface area contributed by atoms with Gasteiger partial charge < -0.3 is 9.64 Å². The molecule has 0 unspecified atom stereocenters. The molecule has 4 nitrogen and oxygen atoms in total. The lowest BCUT2D eigenvalue weighted by Gasteiger charge is -2.26. The molecule has 1 heterocycles. The molecule has 0 N–H and O–H groups in total. The molecule has 0 saturated heterocycles. The Hall–Kier alpha value is -2.66. The maximum atomic E-state index is 13.0. The molecule has 0 fully saturated rings. The third-order valence-electron chi connectivity index (χ3n) is 4.57. The predicted octanol–water partition coefficient (Wildman–Crippen LogP) is 5.39. The number of carbonyl (C=O) groups excluding carboxylic acids is 1. The van der Waals surface area contributed by atoms with Crippen LogP contribution in [0.1, 0.15) is 46.0 Å². The Bertz CT molecular complexity index is 932. The smallest absolute Gasteiger partial charge is 0.254 e. The van der Waals surface area contributed by atoms with Gasteiger partial charge in [0.2, 0.25) is 0 Å². The summed E-state index contributed by atoms with van der Waals surface area (Å²) in [6.45, 7) is 9.01. The van der Waals surface area contributed by atoms with Crippen LogP contribution in [0, 0.1) is 13.8 Å². The molecular weight excluding hydrogens is 368 g/mol. The van der Waals surface area contributed by atoms with Crippen LogP contribution in [0.25, 0.3) is 0 Å². The van der Waals surface area contributed by atoms with Gasteiger partial charge in [-0.05, 0) is 51.5 Å². The number of carbonyl (C=O) groups is 1. The lowest BCUT2D eigenvalue weighted by Crippen LogP contribution is -2.36. The summed E-state index contributed by atoms with van der Waals surface area (Å²) in [4.78, 5) is 19.6. The van der Waals surface area contributed by atoms with Crippen molar-refractivity contribution in [3.63, 3.8) is 0 Å². The normalized spacial score (nSPS) is 10.9. The van der Waals surface area contributed by atoms with E-state index in [1.54, 1.807) is 11.3 Å². The van der Waals surface area contributed by atoms with Crippen molar-refractivity contribution < 1.29 is 9.53 Å². The molecule has 5 heteroatoms. The predicted molar refractivity (Wildman–Crippen MR) is 114 cm³/mol. The van der Waals surface area contributed by atoms with Crippen LogP contribution >= 0.6 is 11.3 Å². The van der Waals surface area contributed by atoms with Gasteiger partial charge in [-0.15, -0.1) is 11.3 Å². The zero-order valence-electron chi connectivity index (χ0n) is 16.8. The maximum Gasteiger partial charge on any atom is 0.254 e. The van der Waals surface area contributed by atoms with E-state index in [1.165, 1.54) is 5.56 Å². The maximum absolute atomic E-state index is 13.0. The first-order valence-electron chi connectivity index (χ1n) is 9.43. The minimum Gasteiger partial charge on any atom is -0.486 e. The van der Waals surface area contributed by atoms with Gasteiger partial charge in [-0.1, -0.05) is 35.9 Å². The van der Waals surface area contributed by atoms with Crippen molar-refractivity contribution in [3.8, 4) is 5.75 Å². The van der Waals surface area contributed by atoms with Crippen LogP contribution in [0.15, 0.2) is 53.9 Å². The summed E-state index contributed by atoms with van der Waals surface area (Å²) in [6.07, 6.45) is 0. The van der Waals surface area contributed by atoms with Crippen LogP contribution in [0.2, 0.25) is 0 Å². The zero-order valence-corrected chi connectivity index (χ0v) is 17.6. The molecule has 0 atom stereocenters. The number of aromatic nitrogens is 1. The average Bonchev–Trinajstić information content (AvgIpc) is 3.13. The van der Waals surface area contributed by atoms with Crippen LogP contribution in [0.3, 0.4) is 0 Å². The topological polar surface area (TPSA) is 42.4 Å². The Kier molecular flexibility index (Phi) is 6.47. The number of thiazole rings is 1. The second-order valence-corrected chi connectivity index (χ2v) is 8.12. The summed E-state index contributed by atoms with van der Waals surface area (Å²) in [5.41, 5.74) is 3.83. The van der Waals surface area contributed by atoms with E-state index in [4.69, 9.17) is 4.74 Å².